The molecule has 108 valence electrons. The van der Waals surface area contributed by atoms with Crippen LogP contribution in [0.3, 0.4) is 0 Å². The second-order valence-corrected chi connectivity index (χ2v) is 5.90. The topological polar surface area (TPSA) is 42.7 Å². The predicted octanol–water partition coefficient (Wildman–Crippen LogP) is 2.53. The lowest BCUT2D eigenvalue weighted by atomic mass is 10.2. The van der Waals surface area contributed by atoms with Crippen LogP contribution in [0.1, 0.15) is 18.3 Å². The van der Waals surface area contributed by atoms with Crippen LogP contribution in [-0.2, 0) is 13.0 Å². The van der Waals surface area contributed by atoms with E-state index < -0.39 is 0 Å². The van der Waals surface area contributed by atoms with Gasteiger partial charge in [0.1, 0.15) is 12.2 Å². The highest BCUT2D eigenvalue weighted by molar-refractivity contribution is 7.99. The highest BCUT2D eigenvalue weighted by atomic mass is 32.2. The van der Waals surface area contributed by atoms with Gasteiger partial charge in [-0.3, -0.25) is 4.68 Å². The molecule has 1 unspecified atom stereocenters. The number of benzene rings is 1. The highest BCUT2D eigenvalue weighted by Gasteiger charge is 2.12. The average Bonchev–Trinajstić information content (AvgIpc) is 2.90. The molecule has 2 rings (SSSR count). The molecule has 1 atom stereocenters. The Hall–Kier alpha value is -1.33. The highest BCUT2D eigenvalue weighted by Crippen LogP contribution is 2.20. The fourth-order valence-electron chi connectivity index (χ4n) is 2.08. The van der Waals surface area contributed by atoms with E-state index in [1.807, 2.05) is 23.5 Å². The molecule has 2 aromatic rings. The Morgan fingerprint density at radius 3 is 2.95 bits per heavy atom. The van der Waals surface area contributed by atoms with E-state index in [4.69, 9.17) is 0 Å². The summed E-state index contributed by atoms with van der Waals surface area (Å²) in [6.45, 7) is 5.09. The molecule has 20 heavy (non-hydrogen) atoms. The van der Waals surface area contributed by atoms with Gasteiger partial charge in [0, 0.05) is 29.7 Å². The first-order valence-electron chi connectivity index (χ1n) is 6.96. The Kier molecular flexibility index (Phi) is 5.61. The van der Waals surface area contributed by atoms with Gasteiger partial charge in [0.2, 0.25) is 0 Å². The molecule has 0 aliphatic carbocycles. The lowest BCUT2D eigenvalue weighted by molar-refractivity contribution is 0.549. The number of nitrogens with zero attached hydrogens (tertiary/aromatic N) is 3. The number of thioether (sulfide) groups is 1. The van der Waals surface area contributed by atoms with Crippen molar-refractivity contribution >= 4 is 11.8 Å². The molecule has 0 fully saturated rings. The van der Waals surface area contributed by atoms with Crippen molar-refractivity contribution < 1.29 is 0 Å². The zero-order chi connectivity index (χ0) is 14.4. The molecule has 1 N–H and O–H groups in total. The molecule has 0 bridgehead atoms. The monoisotopic (exact) mass is 290 g/mol. The van der Waals surface area contributed by atoms with Crippen molar-refractivity contribution in [3.8, 4) is 0 Å². The summed E-state index contributed by atoms with van der Waals surface area (Å²) in [4.78, 5) is 5.67. The number of aryl methyl sites for hydroxylation is 2. The van der Waals surface area contributed by atoms with Gasteiger partial charge in [-0.25, -0.2) is 4.98 Å². The summed E-state index contributed by atoms with van der Waals surface area (Å²) in [6, 6.07) is 9.03. The van der Waals surface area contributed by atoms with E-state index in [1.54, 1.807) is 6.33 Å². The summed E-state index contributed by atoms with van der Waals surface area (Å²) in [5.74, 6) is 2.08. The summed E-state index contributed by atoms with van der Waals surface area (Å²) in [5.41, 5.74) is 1.31. The van der Waals surface area contributed by atoms with Crippen molar-refractivity contribution in [2.75, 3.05) is 12.8 Å². The quantitative estimate of drug-likeness (QED) is 0.796. The smallest absolute Gasteiger partial charge is 0.138 e. The minimum absolute atomic E-state index is 0.398. The summed E-state index contributed by atoms with van der Waals surface area (Å²) in [5, 5.41) is 7.60. The van der Waals surface area contributed by atoms with Crippen molar-refractivity contribution in [1.82, 2.24) is 20.1 Å². The summed E-state index contributed by atoms with van der Waals surface area (Å²) >= 11 is 1.88. The molecule has 0 spiro atoms. The number of aromatic nitrogens is 3. The maximum atomic E-state index is 4.35. The zero-order valence-electron chi connectivity index (χ0n) is 12.3. The summed E-state index contributed by atoms with van der Waals surface area (Å²) < 4.78 is 1.96. The van der Waals surface area contributed by atoms with E-state index in [0.29, 0.717) is 6.04 Å². The molecular formula is C15H22N4S. The largest absolute Gasteiger partial charge is 0.316 e. The van der Waals surface area contributed by atoms with E-state index in [9.17, 15) is 0 Å². The molecule has 0 radical (unpaired) electrons. The van der Waals surface area contributed by atoms with Crippen LogP contribution in [0.15, 0.2) is 35.5 Å². The molecule has 0 amide bonds. The Labute approximate surface area is 125 Å². The normalized spacial score (nSPS) is 12.6. The third-order valence-electron chi connectivity index (χ3n) is 3.27. The van der Waals surface area contributed by atoms with Gasteiger partial charge in [0.05, 0.1) is 0 Å². The molecule has 1 aromatic carbocycles. The molecule has 0 saturated heterocycles. The van der Waals surface area contributed by atoms with E-state index >= 15 is 0 Å². The van der Waals surface area contributed by atoms with Crippen molar-refractivity contribution in [2.24, 2.45) is 0 Å². The number of hydrogen-bond donors (Lipinski definition) is 1. The molecular weight excluding hydrogens is 268 g/mol. The van der Waals surface area contributed by atoms with Gasteiger partial charge >= 0.3 is 0 Å². The minimum Gasteiger partial charge on any atom is -0.316 e. The van der Waals surface area contributed by atoms with Crippen LogP contribution in [0.25, 0.3) is 0 Å². The SMILES string of the molecule is CCn1ncnc1CC(CSc1cccc(C)c1)NC. The van der Waals surface area contributed by atoms with E-state index in [1.165, 1.54) is 10.5 Å². The molecule has 0 aliphatic rings. The molecule has 5 heteroatoms. The number of hydrogen-bond acceptors (Lipinski definition) is 4. The number of rotatable bonds is 7. The third kappa shape index (κ3) is 4.08. The van der Waals surface area contributed by atoms with Gasteiger partial charge in [0.15, 0.2) is 0 Å². The molecule has 0 aliphatic heterocycles. The standard InChI is InChI=1S/C15H22N4S/c1-4-19-15(17-11-18-19)9-13(16-3)10-20-14-7-5-6-12(2)8-14/h5-8,11,13,16H,4,9-10H2,1-3H3. The van der Waals surface area contributed by atoms with Crippen LogP contribution in [-0.4, -0.2) is 33.6 Å². The molecule has 1 heterocycles. The van der Waals surface area contributed by atoms with Crippen molar-refractivity contribution in [3.63, 3.8) is 0 Å². The summed E-state index contributed by atoms with van der Waals surface area (Å²) in [7, 11) is 2.01. The van der Waals surface area contributed by atoms with Gasteiger partial charge in [-0.15, -0.1) is 11.8 Å². The second kappa shape index (κ2) is 7.45. The van der Waals surface area contributed by atoms with Gasteiger partial charge in [-0.1, -0.05) is 17.7 Å². The maximum Gasteiger partial charge on any atom is 0.138 e. The maximum absolute atomic E-state index is 4.35. The molecule has 1 aromatic heterocycles. The Bertz CT molecular complexity index is 538. The minimum atomic E-state index is 0.398. The van der Waals surface area contributed by atoms with Crippen molar-refractivity contribution in [3.05, 3.63) is 42.0 Å². The van der Waals surface area contributed by atoms with Crippen LogP contribution in [0.5, 0.6) is 0 Å². The molecule has 4 nitrogen and oxygen atoms in total. The zero-order valence-corrected chi connectivity index (χ0v) is 13.2. The summed E-state index contributed by atoms with van der Waals surface area (Å²) in [6.07, 6.45) is 2.54. The van der Waals surface area contributed by atoms with Crippen molar-refractivity contribution in [2.45, 2.75) is 37.8 Å². The van der Waals surface area contributed by atoms with Crippen LogP contribution in [0, 0.1) is 6.92 Å². The van der Waals surface area contributed by atoms with Crippen molar-refractivity contribution in [1.29, 1.82) is 0 Å². The average molecular weight is 290 g/mol. The fourth-order valence-corrected chi connectivity index (χ4v) is 3.20. The van der Waals surface area contributed by atoms with E-state index in [0.717, 1.165) is 24.5 Å². The first-order chi connectivity index (χ1) is 9.72. The van der Waals surface area contributed by atoms with Crippen LogP contribution in [0.2, 0.25) is 0 Å². The van der Waals surface area contributed by atoms with Gasteiger partial charge in [0.25, 0.3) is 0 Å². The van der Waals surface area contributed by atoms with Crippen LogP contribution < -0.4 is 5.32 Å². The lowest BCUT2D eigenvalue weighted by Crippen LogP contribution is -2.31. The first kappa shape index (κ1) is 15.1. The first-order valence-corrected chi connectivity index (χ1v) is 7.95. The number of nitrogens with one attached hydrogen (secondary N) is 1. The van der Waals surface area contributed by atoms with E-state index in [2.05, 4.69) is 53.5 Å². The Morgan fingerprint density at radius 1 is 1.40 bits per heavy atom. The van der Waals surface area contributed by atoms with Gasteiger partial charge in [-0.2, -0.15) is 5.10 Å². The Balaban J connectivity index is 1.92. The van der Waals surface area contributed by atoms with Gasteiger partial charge < -0.3 is 5.32 Å². The van der Waals surface area contributed by atoms with Crippen LogP contribution in [0.4, 0.5) is 0 Å². The Morgan fingerprint density at radius 2 is 2.25 bits per heavy atom. The third-order valence-corrected chi connectivity index (χ3v) is 4.43. The van der Waals surface area contributed by atoms with Gasteiger partial charge in [-0.05, 0) is 33.0 Å². The lowest BCUT2D eigenvalue weighted by Gasteiger charge is -2.15. The molecule has 0 saturated carbocycles. The van der Waals surface area contributed by atoms with Crippen LogP contribution >= 0.6 is 11.8 Å². The predicted molar refractivity (Wildman–Crippen MR) is 84.2 cm³/mol. The fraction of sp³-hybridized carbons (Fsp3) is 0.467. The van der Waals surface area contributed by atoms with E-state index in [-0.39, 0.29) is 0 Å². The number of likely N-dealkylation sites (N-methyl/N-ethyl adjacent to an activating group) is 1. The second-order valence-electron chi connectivity index (χ2n) is 4.81.